The molecule has 2 aliphatic rings. The number of fused-ring (bicyclic) bond motifs is 13. The second-order valence-corrected chi connectivity index (χ2v) is 10.1. The van der Waals surface area contributed by atoms with Crippen LogP contribution in [0.3, 0.4) is 0 Å². The Balaban J connectivity index is 1.69. The number of hydrogen-bond donors (Lipinski definition) is 0. The lowest BCUT2D eigenvalue weighted by atomic mass is 9.96. The average Bonchev–Trinajstić information content (AvgIpc) is 2.83. The predicted octanol–water partition coefficient (Wildman–Crippen LogP) is 5.14. The van der Waals surface area contributed by atoms with E-state index >= 15 is 0 Å². The van der Waals surface area contributed by atoms with Gasteiger partial charge in [0.1, 0.15) is 0 Å². The van der Waals surface area contributed by atoms with Crippen LogP contribution in [0, 0.1) is 0 Å². The van der Waals surface area contributed by atoms with E-state index < -0.39 is 8.96 Å². The van der Waals surface area contributed by atoms with Gasteiger partial charge in [-0.15, -0.1) is 0 Å². The second kappa shape index (κ2) is 5.91. The fourth-order valence-electron chi connectivity index (χ4n) is 5.09. The molecule has 1 radical (unpaired) electrons. The van der Waals surface area contributed by atoms with Crippen LogP contribution in [-0.4, -0.2) is 13.9 Å². The summed E-state index contributed by atoms with van der Waals surface area (Å²) in [6, 6.07) is 33.4. The monoisotopic (exact) mass is 397 g/mol. The van der Waals surface area contributed by atoms with Gasteiger partial charge in [0, 0.05) is 28.4 Å². The van der Waals surface area contributed by atoms with Crippen molar-refractivity contribution < 1.29 is 0 Å². The highest BCUT2D eigenvalue weighted by Crippen LogP contribution is 2.48. The zero-order chi connectivity index (χ0) is 19.7. The van der Waals surface area contributed by atoms with Crippen LogP contribution in [0.5, 0.6) is 0 Å². The van der Waals surface area contributed by atoms with Gasteiger partial charge in [0.05, 0.1) is 11.9 Å². The SMILES string of the molecule is c1ccc2c(c1)-c1ccncc1N1c3c(ccc4ccccc34)-c3ccccc3[Si]21. The molecule has 2 aliphatic heterocycles. The van der Waals surface area contributed by atoms with Crippen molar-refractivity contribution in [3.05, 3.63) is 103 Å². The van der Waals surface area contributed by atoms with Crippen LogP contribution in [0.2, 0.25) is 0 Å². The third-order valence-electron chi connectivity index (χ3n) is 6.33. The minimum Gasteiger partial charge on any atom is -0.357 e. The van der Waals surface area contributed by atoms with E-state index in [0.717, 1.165) is 0 Å². The number of aromatic nitrogens is 1. The number of pyridine rings is 1. The molecule has 0 amide bonds. The molecule has 0 saturated heterocycles. The maximum absolute atomic E-state index is 4.55. The van der Waals surface area contributed by atoms with E-state index in [4.69, 9.17) is 0 Å². The standard InChI is InChI=1S/C27H17N2Si/c1-2-8-19-18(7-1)13-14-23-22-10-4-6-12-26(22)30-25-11-5-3-9-21(25)20-15-16-28-17-24(20)29(30)27(19)23/h1-17H. The third-order valence-corrected chi connectivity index (χ3v) is 9.14. The largest absolute Gasteiger partial charge is 0.357 e. The molecule has 0 atom stereocenters. The molecule has 5 aromatic rings. The Morgan fingerprint density at radius 2 is 1.30 bits per heavy atom. The Kier molecular flexibility index (Phi) is 3.18. The van der Waals surface area contributed by atoms with Gasteiger partial charge in [0.25, 0.3) is 0 Å². The highest BCUT2D eigenvalue weighted by molar-refractivity contribution is 6.92. The van der Waals surface area contributed by atoms with Crippen LogP contribution in [-0.2, 0) is 0 Å². The smallest absolute Gasteiger partial charge is 0.248 e. The minimum absolute atomic E-state index is 1.22. The number of anilines is 2. The van der Waals surface area contributed by atoms with Crippen LogP contribution in [0.4, 0.5) is 11.4 Å². The van der Waals surface area contributed by atoms with Crippen LogP contribution >= 0.6 is 0 Å². The topological polar surface area (TPSA) is 16.1 Å². The Bertz CT molecular complexity index is 1470. The van der Waals surface area contributed by atoms with E-state index in [1.54, 1.807) is 0 Å². The average molecular weight is 398 g/mol. The first-order valence-corrected chi connectivity index (χ1v) is 11.7. The molecule has 0 unspecified atom stereocenters. The Morgan fingerprint density at radius 1 is 0.600 bits per heavy atom. The fourth-order valence-corrected chi connectivity index (χ4v) is 8.20. The van der Waals surface area contributed by atoms with Gasteiger partial charge in [-0.3, -0.25) is 4.98 Å². The van der Waals surface area contributed by atoms with Gasteiger partial charge in [-0.1, -0.05) is 84.9 Å². The minimum atomic E-state index is -1.22. The number of hydrogen-bond acceptors (Lipinski definition) is 2. The fraction of sp³-hybridized carbons (Fsp3) is 0. The first-order valence-electron chi connectivity index (χ1n) is 10.2. The van der Waals surface area contributed by atoms with Crippen LogP contribution in [0.1, 0.15) is 0 Å². The van der Waals surface area contributed by atoms with Crippen molar-refractivity contribution in [3.63, 3.8) is 0 Å². The van der Waals surface area contributed by atoms with Gasteiger partial charge in [-0.2, -0.15) is 0 Å². The lowest BCUT2D eigenvalue weighted by molar-refractivity contribution is 1.27. The van der Waals surface area contributed by atoms with E-state index in [-0.39, 0.29) is 0 Å². The van der Waals surface area contributed by atoms with Crippen molar-refractivity contribution in [2.75, 3.05) is 4.57 Å². The van der Waals surface area contributed by atoms with Gasteiger partial charge in [-0.25, -0.2) is 0 Å². The molecule has 0 bridgehead atoms. The van der Waals surface area contributed by atoms with Crippen molar-refractivity contribution in [2.45, 2.75) is 0 Å². The lowest BCUT2D eigenvalue weighted by Gasteiger charge is -2.44. The van der Waals surface area contributed by atoms with E-state index in [9.17, 15) is 0 Å². The third kappa shape index (κ3) is 2.00. The van der Waals surface area contributed by atoms with Crippen molar-refractivity contribution in [2.24, 2.45) is 0 Å². The quantitative estimate of drug-likeness (QED) is 0.336. The zero-order valence-corrected chi connectivity index (χ0v) is 17.2. The van der Waals surface area contributed by atoms with E-state index in [2.05, 4.69) is 107 Å². The summed E-state index contributed by atoms with van der Waals surface area (Å²) < 4.78 is 2.62. The first-order chi connectivity index (χ1) is 14.9. The molecule has 4 aromatic carbocycles. The summed E-state index contributed by atoms with van der Waals surface area (Å²) in [7, 11) is -1.22. The molecule has 0 aliphatic carbocycles. The summed E-state index contributed by atoms with van der Waals surface area (Å²) >= 11 is 0. The lowest BCUT2D eigenvalue weighted by Crippen LogP contribution is -2.59. The molecule has 0 fully saturated rings. The van der Waals surface area contributed by atoms with Gasteiger partial charge < -0.3 is 4.57 Å². The number of benzene rings is 4. The maximum Gasteiger partial charge on any atom is 0.248 e. The molecule has 0 spiro atoms. The summed E-state index contributed by atoms with van der Waals surface area (Å²) in [5.74, 6) is 0. The number of nitrogens with zero attached hydrogens (tertiary/aromatic N) is 2. The Hall–Kier alpha value is -3.69. The molecule has 3 heteroatoms. The molecule has 0 N–H and O–H groups in total. The molecular formula is C27H17N2Si. The van der Waals surface area contributed by atoms with Crippen LogP contribution in [0.15, 0.2) is 103 Å². The molecule has 139 valence electrons. The summed E-state index contributed by atoms with van der Waals surface area (Å²) in [5, 5.41) is 5.49. The molecule has 3 heterocycles. The van der Waals surface area contributed by atoms with Gasteiger partial charge in [-0.05, 0) is 33.0 Å². The van der Waals surface area contributed by atoms with Gasteiger partial charge in [0.15, 0.2) is 0 Å². The Labute approximate surface area is 176 Å². The summed E-state index contributed by atoms with van der Waals surface area (Å²) in [5.41, 5.74) is 7.84. The highest BCUT2D eigenvalue weighted by atomic mass is 28.3. The molecule has 7 rings (SSSR count). The molecule has 0 saturated carbocycles. The second-order valence-electron chi connectivity index (χ2n) is 7.85. The summed E-state index contributed by atoms with van der Waals surface area (Å²) in [6.45, 7) is 0. The van der Waals surface area contributed by atoms with E-state index in [1.807, 2.05) is 6.20 Å². The van der Waals surface area contributed by atoms with E-state index in [0.29, 0.717) is 0 Å². The van der Waals surface area contributed by atoms with Gasteiger partial charge >= 0.3 is 0 Å². The summed E-state index contributed by atoms with van der Waals surface area (Å²) in [4.78, 5) is 4.55. The molecule has 2 nitrogen and oxygen atoms in total. The summed E-state index contributed by atoms with van der Waals surface area (Å²) in [6.07, 6.45) is 3.96. The van der Waals surface area contributed by atoms with E-state index in [1.165, 1.54) is 54.8 Å². The number of rotatable bonds is 0. The molecule has 30 heavy (non-hydrogen) atoms. The normalized spacial score (nSPS) is 13.8. The zero-order valence-electron chi connectivity index (χ0n) is 16.2. The van der Waals surface area contributed by atoms with Crippen LogP contribution in [0.25, 0.3) is 33.0 Å². The predicted molar refractivity (Wildman–Crippen MR) is 126 cm³/mol. The van der Waals surface area contributed by atoms with Gasteiger partial charge in [0.2, 0.25) is 8.96 Å². The maximum atomic E-state index is 4.55. The highest BCUT2D eigenvalue weighted by Gasteiger charge is 2.41. The van der Waals surface area contributed by atoms with Crippen molar-refractivity contribution >= 4 is 41.5 Å². The van der Waals surface area contributed by atoms with Crippen molar-refractivity contribution in [3.8, 4) is 22.3 Å². The van der Waals surface area contributed by atoms with Crippen molar-refractivity contribution in [1.29, 1.82) is 0 Å². The molecule has 1 aromatic heterocycles. The van der Waals surface area contributed by atoms with Crippen molar-refractivity contribution in [1.82, 2.24) is 4.98 Å². The first kappa shape index (κ1) is 16.1. The Morgan fingerprint density at radius 3 is 2.13 bits per heavy atom. The molecular weight excluding hydrogens is 380 g/mol. The van der Waals surface area contributed by atoms with Crippen LogP contribution < -0.4 is 14.9 Å².